The first-order chi connectivity index (χ1) is 10.1. The highest BCUT2D eigenvalue weighted by molar-refractivity contribution is 6.30. The number of carbonyl (C=O) groups is 1. The van der Waals surface area contributed by atoms with Gasteiger partial charge in [-0.3, -0.25) is 4.79 Å². The van der Waals surface area contributed by atoms with Gasteiger partial charge in [0.15, 0.2) is 0 Å². The van der Waals surface area contributed by atoms with E-state index in [1.807, 2.05) is 24.3 Å². The van der Waals surface area contributed by atoms with Crippen molar-refractivity contribution in [3.63, 3.8) is 0 Å². The van der Waals surface area contributed by atoms with Crippen LogP contribution in [0.3, 0.4) is 0 Å². The first kappa shape index (κ1) is 15.2. The molecule has 0 spiro atoms. The molecule has 0 aliphatic heterocycles. The predicted molar refractivity (Wildman–Crippen MR) is 84.9 cm³/mol. The van der Waals surface area contributed by atoms with Gasteiger partial charge in [0, 0.05) is 17.3 Å². The largest absolute Gasteiger partial charge is 0.496 e. The Kier molecular flexibility index (Phi) is 5.06. The molecule has 0 aliphatic carbocycles. The molecule has 110 valence electrons. The van der Waals surface area contributed by atoms with E-state index in [0.717, 1.165) is 17.7 Å². The van der Waals surface area contributed by atoms with E-state index in [1.165, 1.54) is 7.11 Å². The molecule has 3 N–H and O–H groups in total. The molecule has 0 unspecified atom stereocenters. The molecular formula is C16H17ClN2O2. The number of methoxy groups -OCH3 is 1. The Hall–Kier alpha value is -2.20. The molecule has 0 bridgehead atoms. The molecule has 0 saturated heterocycles. The van der Waals surface area contributed by atoms with Crippen LogP contribution < -0.4 is 15.8 Å². The molecule has 0 heterocycles. The van der Waals surface area contributed by atoms with Crippen LogP contribution in [0, 0.1) is 0 Å². The molecule has 0 aliphatic rings. The Bertz CT molecular complexity index is 627. The highest BCUT2D eigenvalue weighted by Gasteiger charge is 2.11. The lowest BCUT2D eigenvalue weighted by Crippen LogP contribution is -2.26. The van der Waals surface area contributed by atoms with Crippen LogP contribution in [0.15, 0.2) is 42.5 Å². The number of amides is 1. The maximum absolute atomic E-state index is 12.1. The number of hydrogen-bond donors (Lipinski definition) is 2. The third-order valence-corrected chi connectivity index (χ3v) is 3.32. The Labute approximate surface area is 128 Å². The minimum Gasteiger partial charge on any atom is -0.496 e. The smallest absolute Gasteiger partial charge is 0.255 e. The number of rotatable bonds is 5. The van der Waals surface area contributed by atoms with Gasteiger partial charge in [-0.1, -0.05) is 23.7 Å². The van der Waals surface area contributed by atoms with E-state index in [4.69, 9.17) is 22.1 Å². The maximum atomic E-state index is 12.1. The zero-order chi connectivity index (χ0) is 15.2. The van der Waals surface area contributed by atoms with Crippen molar-refractivity contribution in [2.75, 3.05) is 19.4 Å². The third-order valence-electron chi connectivity index (χ3n) is 3.09. The van der Waals surface area contributed by atoms with Gasteiger partial charge in [-0.25, -0.2) is 0 Å². The van der Waals surface area contributed by atoms with Crippen molar-refractivity contribution in [2.45, 2.75) is 6.42 Å². The van der Waals surface area contributed by atoms with Gasteiger partial charge in [0.2, 0.25) is 0 Å². The van der Waals surface area contributed by atoms with E-state index >= 15 is 0 Å². The molecular weight excluding hydrogens is 288 g/mol. The zero-order valence-electron chi connectivity index (χ0n) is 11.7. The first-order valence-corrected chi connectivity index (χ1v) is 6.94. The average molecular weight is 305 g/mol. The normalized spacial score (nSPS) is 10.2. The van der Waals surface area contributed by atoms with Crippen LogP contribution in [0.2, 0.25) is 5.02 Å². The quantitative estimate of drug-likeness (QED) is 0.835. The molecule has 4 nitrogen and oxygen atoms in total. The number of nitrogens with two attached hydrogens (primary N) is 1. The van der Waals surface area contributed by atoms with Gasteiger partial charge >= 0.3 is 0 Å². The summed E-state index contributed by atoms with van der Waals surface area (Å²) >= 11 is 5.88. The molecule has 2 aromatic carbocycles. The number of halogens is 1. The van der Waals surface area contributed by atoms with Crippen LogP contribution in [0.25, 0.3) is 0 Å². The summed E-state index contributed by atoms with van der Waals surface area (Å²) in [5, 5.41) is 3.40. The highest BCUT2D eigenvalue weighted by atomic mass is 35.5. The second kappa shape index (κ2) is 6.99. The Balaban J connectivity index is 1.94. The monoisotopic (exact) mass is 304 g/mol. The standard InChI is InChI=1S/C16H17ClN2O2/c1-21-15-10-12(17)4-7-14(15)16(20)19-9-8-11-2-5-13(18)6-3-11/h2-7,10H,8-9,18H2,1H3,(H,19,20). The van der Waals surface area contributed by atoms with Gasteiger partial charge in [-0.2, -0.15) is 0 Å². The number of benzene rings is 2. The second-order valence-corrected chi connectivity index (χ2v) is 5.03. The Morgan fingerprint density at radius 3 is 2.62 bits per heavy atom. The number of hydrogen-bond acceptors (Lipinski definition) is 3. The van der Waals surface area contributed by atoms with Crippen LogP contribution in [-0.2, 0) is 6.42 Å². The molecule has 0 saturated carbocycles. The minimum atomic E-state index is -0.182. The van der Waals surface area contributed by atoms with E-state index in [9.17, 15) is 4.79 Å². The van der Waals surface area contributed by atoms with Gasteiger partial charge in [0.25, 0.3) is 5.91 Å². The first-order valence-electron chi connectivity index (χ1n) is 6.56. The molecule has 5 heteroatoms. The topological polar surface area (TPSA) is 64.3 Å². The van der Waals surface area contributed by atoms with Crippen molar-refractivity contribution < 1.29 is 9.53 Å². The number of ether oxygens (including phenoxy) is 1. The summed E-state index contributed by atoms with van der Waals surface area (Å²) < 4.78 is 5.17. The van der Waals surface area contributed by atoms with Crippen LogP contribution in [0.4, 0.5) is 5.69 Å². The fourth-order valence-electron chi connectivity index (χ4n) is 1.95. The fourth-order valence-corrected chi connectivity index (χ4v) is 2.11. The lowest BCUT2D eigenvalue weighted by molar-refractivity contribution is 0.0951. The summed E-state index contributed by atoms with van der Waals surface area (Å²) in [5.41, 5.74) is 7.95. The summed E-state index contributed by atoms with van der Waals surface area (Å²) in [6.45, 7) is 0.536. The molecule has 0 radical (unpaired) electrons. The highest BCUT2D eigenvalue weighted by Crippen LogP contribution is 2.22. The third kappa shape index (κ3) is 4.13. The van der Waals surface area contributed by atoms with Gasteiger partial charge in [-0.05, 0) is 42.3 Å². The Morgan fingerprint density at radius 1 is 1.24 bits per heavy atom. The molecule has 0 aromatic heterocycles. The summed E-state index contributed by atoms with van der Waals surface area (Å²) in [7, 11) is 1.51. The van der Waals surface area contributed by atoms with Crippen molar-refractivity contribution in [1.29, 1.82) is 0 Å². The summed E-state index contributed by atoms with van der Waals surface area (Å²) in [4.78, 5) is 12.1. The van der Waals surface area contributed by atoms with E-state index in [-0.39, 0.29) is 5.91 Å². The number of carbonyl (C=O) groups excluding carboxylic acids is 1. The Morgan fingerprint density at radius 2 is 1.95 bits per heavy atom. The molecule has 0 fully saturated rings. The van der Waals surface area contributed by atoms with E-state index in [0.29, 0.717) is 22.9 Å². The SMILES string of the molecule is COc1cc(Cl)ccc1C(=O)NCCc1ccc(N)cc1. The fraction of sp³-hybridized carbons (Fsp3) is 0.188. The van der Waals surface area contributed by atoms with Gasteiger partial charge in [0.1, 0.15) is 5.75 Å². The zero-order valence-corrected chi connectivity index (χ0v) is 12.5. The van der Waals surface area contributed by atoms with E-state index in [2.05, 4.69) is 5.32 Å². The summed E-state index contributed by atoms with van der Waals surface area (Å²) in [5.74, 6) is 0.284. The molecule has 2 rings (SSSR count). The second-order valence-electron chi connectivity index (χ2n) is 4.59. The van der Waals surface area contributed by atoms with Crippen molar-refractivity contribution in [1.82, 2.24) is 5.32 Å². The van der Waals surface area contributed by atoms with Crippen LogP contribution >= 0.6 is 11.6 Å². The van der Waals surface area contributed by atoms with Crippen molar-refractivity contribution >= 4 is 23.2 Å². The van der Waals surface area contributed by atoms with Crippen LogP contribution in [0.1, 0.15) is 15.9 Å². The lowest BCUT2D eigenvalue weighted by atomic mass is 10.1. The molecule has 2 aromatic rings. The predicted octanol–water partition coefficient (Wildman–Crippen LogP) is 2.90. The molecule has 1 amide bonds. The van der Waals surface area contributed by atoms with E-state index < -0.39 is 0 Å². The van der Waals surface area contributed by atoms with Crippen LogP contribution in [0.5, 0.6) is 5.75 Å². The summed E-state index contributed by atoms with van der Waals surface area (Å²) in [6.07, 6.45) is 0.738. The lowest BCUT2D eigenvalue weighted by Gasteiger charge is -2.10. The maximum Gasteiger partial charge on any atom is 0.255 e. The minimum absolute atomic E-state index is 0.182. The number of nitrogens with one attached hydrogen (secondary N) is 1. The molecule has 21 heavy (non-hydrogen) atoms. The van der Waals surface area contributed by atoms with Crippen molar-refractivity contribution in [3.8, 4) is 5.75 Å². The number of nitrogen functional groups attached to an aromatic ring is 1. The van der Waals surface area contributed by atoms with Gasteiger partial charge < -0.3 is 15.8 Å². The van der Waals surface area contributed by atoms with Crippen molar-refractivity contribution in [3.05, 3.63) is 58.6 Å². The van der Waals surface area contributed by atoms with Gasteiger partial charge in [-0.15, -0.1) is 0 Å². The van der Waals surface area contributed by atoms with Crippen molar-refractivity contribution in [2.24, 2.45) is 0 Å². The average Bonchev–Trinajstić information content (AvgIpc) is 2.49. The van der Waals surface area contributed by atoms with Gasteiger partial charge in [0.05, 0.1) is 12.7 Å². The number of anilines is 1. The van der Waals surface area contributed by atoms with E-state index in [1.54, 1.807) is 18.2 Å². The molecule has 0 atom stereocenters. The summed E-state index contributed by atoms with van der Waals surface area (Å²) in [6, 6.07) is 12.5. The van der Waals surface area contributed by atoms with Crippen LogP contribution in [-0.4, -0.2) is 19.6 Å².